The molecule has 1 heterocycles. The van der Waals surface area contributed by atoms with E-state index in [9.17, 15) is 8.42 Å². The van der Waals surface area contributed by atoms with Crippen molar-refractivity contribution in [2.45, 2.75) is 38.1 Å². The van der Waals surface area contributed by atoms with Crippen LogP contribution in [0.3, 0.4) is 0 Å². The van der Waals surface area contributed by atoms with E-state index in [0.29, 0.717) is 12.2 Å². The number of nitrogens with one attached hydrogen (secondary N) is 1. The summed E-state index contributed by atoms with van der Waals surface area (Å²) in [4.78, 5) is 4.83. The summed E-state index contributed by atoms with van der Waals surface area (Å²) in [6.45, 7) is 6.30. The molecule has 0 saturated heterocycles. The highest BCUT2D eigenvalue weighted by Gasteiger charge is 2.20. The molecular formula is C20H25N3O3S. The van der Waals surface area contributed by atoms with Crippen LogP contribution in [0.1, 0.15) is 31.3 Å². The van der Waals surface area contributed by atoms with Gasteiger partial charge in [0.1, 0.15) is 16.5 Å². The largest absolute Gasteiger partial charge is 0.495 e. The van der Waals surface area contributed by atoms with Gasteiger partial charge in [0.05, 0.1) is 18.1 Å². The highest BCUT2D eigenvalue weighted by Crippen LogP contribution is 2.25. The fraction of sp³-hybridized carbons (Fsp3) is 0.350. The van der Waals surface area contributed by atoms with E-state index in [-0.39, 0.29) is 17.5 Å². The van der Waals surface area contributed by atoms with Gasteiger partial charge in [0.15, 0.2) is 0 Å². The second-order valence-corrected chi connectivity index (χ2v) is 8.52. The Morgan fingerprint density at radius 3 is 2.63 bits per heavy atom. The quantitative estimate of drug-likeness (QED) is 0.674. The maximum atomic E-state index is 12.7. The van der Waals surface area contributed by atoms with Crippen LogP contribution in [-0.4, -0.2) is 31.6 Å². The topological polar surface area (TPSA) is 73.2 Å². The zero-order chi connectivity index (χ0) is 19.6. The minimum Gasteiger partial charge on any atom is -0.495 e. The lowest BCUT2D eigenvalue weighted by Crippen LogP contribution is -2.27. The Morgan fingerprint density at radius 1 is 1.19 bits per heavy atom. The summed E-state index contributed by atoms with van der Waals surface area (Å²) in [5.41, 5.74) is 2.84. The molecule has 0 amide bonds. The number of aromatic nitrogens is 2. The van der Waals surface area contributed by atoms with Crippen molar-refractivity contribution < 1.29 is 13.2 Å². The van der Waals surface area contributed by atoms with E-state index in [4.69, 9.17) is 4.74 Å². The summed E-state index contributed by atoms with van der Waals surface area (Å²) in [6, 6.07) is 13.3. The molecule has 1 aromatic heterocycles. The van der Waals surface area contributed by atoms with E-state index in [1.807, 2.05) is 37.3 Å². The molecule has 0 radical (unpaired) electrons. The van der Waals surface area contributed by atoms with Crippen molar-refractivity contribution in [3.05, 3.63) is 53.9 Å². The highest BCUT2D eigenvalue weighted by atomic mass is 32.2. The van der Waals surface area contributed by atoms with Crippen LogP contribution < -0.4 is 9.46 Å². The number of hydrogen-bond donors (Lipinski definition) is 1. The third-order valence-electron chi connectivity index (χ3n) is 4.43. The van der Waals surface area contributed by atoms with Crippen LogP contribution in [0.2, 0.25) is 0 Å². The number of ether oxygens (including phenoxy) is 1. The summed E-state index contributed by atoms with van der Waals surface area (Å²) in [5.74, 6) is 1.20. The van der Waals surface area contributed by atoms with Gasteiger partial charge in [-0.05, 0) is 50.6 Å². The first-order valence-corrected chi connectivity index (χ1v) is 10.4. The zero-order valence-corrected chi connectivity index (χ0v) is 16.9. The van der Waals surface area contributed by atoms with Crippen LogP contribution in [0.15, 0.2) is 47.4 Å². The maximum Gasteiger partial charge on any atom is 0.244 e. The molecule has 0 aliphatic carbocycles. The van der Waals surface area contributed by atoms with E-state index >= 15 is 0 Å². The Kier molecular flexibility index (Phi) is 5.53. The highest BCUT2D eigenvalue weighted by molar-refractivity contribution is 7.89. The molecule has 0 saturated carbocycles. The lowest BCUT2D eigenvalue weighted by Gasteiger charge is -2.14. The number of sulfonamides is 1. The number of methoxy groups -OCH3 is 1. The minimum atomic E-state index is -3.67. The van der Waals surface area contributed by atoms with Gasteiger partial charge in [-0.15, -0.1) is 0 Å². The van der Waals surface area contributed by atoms with Crippen LogP contribution in [0.4, 0.5) is 0 Å². The molecular weight excluding hydrogens is 362 g/mol. The van der Waals surface area contributed by atoms with Crippen molar-refractivity contribution in [1.29, 1.82) is 0 Å². The Labute approximate surface area is 160 Å². The normalized spacial score (nSPS) is 12.0. The number of aryl methyl sites for hydroxylation is 1. The Hall–Kier alpha value is -2.38. The molecule has 3 aromatic rings. The molecule has 2 aromatic carbocycles. The number of fused-ring (bicyclic) bond motifs is 1. The van der Waals surface area contributed by atoms with Crippen molar-refractivity contribution in [2.75, 3.05) is 13.7 Å². The van der Waals surface area contributed by atoms with E-state index in [1.165, 1.54) is 7.11 Å². The lowest BCUT2D eigenvalue weighted by molar-refractivity contribution is 0.402. The average Bonchev–Trinajstić information content (AvgIpc) is 3.00. The molecule has 27 heavy (non-hydrogen) atoms. The predicted molar refractivity (Wildman–Crippen MR) is 107 cm³/mol. The molecule has 3 rings (SSSR count). The Morgan fingerprint density at radius 2 is 1.93 bits per heavy atom. The molecule has 1 N–H and O–H groups in total. The minimum absolute atomic E-state index is 0.155. The van der Waals surface area contributed by atoms with Crippen molar-refractivity contribution in [3.8, 4) is 5.75 Å². The first kappa shape index (κ1) is 19.4. The molecule has 0 spiro atoms. The first-order chi connectivity index (χ1) is 12.8. The SMILES string of the molecule is COc1ccc(C)cc1S(=O)(=O)NCCc1nc2ccccc2n1C(C)C. The van der Waals surface area contributed by atoms with Crippen LogP contribution in [0.25, 0.3) is 11.0 Å². The van der Waals surface area contributed by atoms with Crippen LogP contribution >= 0.6 is 0 Å². The summed E-state index contributed by atoms with van der Waals surface area (Å²) >= 11 is 0. The smallest absolute Gasteiger partial charge is 0.244 e. The standard InChI is InChI=1S/C20H25N3O3S/c1-14(2)23-17-8-6-5-7-16(17)22-20(23)11-12-21-27(24,25)19-13-15(3)9-10-18(19)26-4/h5-10,13-14,21H,11-12H2,1-4H3. The van der Waals surface area contributed by atoms with Gasteiger partial charge in [-0.3, -0.25) is 0 Å². The number of benzene rings is 2. The molecule has 144 valence electrons. The maximum absolute atomic E-state index is 12.7. The predicted octanol–water partition coefficient (Wildman–Crippen LogP) is 3.46. The van der Waals surface area contributed by atoms with E-state index in [2.05, 4.69) is 28.1 Å². The second kappa shape index (κ2) is 7.70. The number of rotatable bonds is 7. The fourth-order valence-corrected chi connectivity index (χ4v) is 4.50. The third kappa shape index (κ3) is 3.99. The molecule has 0 atom stereocenters. The van der Waals surface area contributed by atoms with Gasteiger partial charge in [-0.2, -0.15) is 0 Å². The molecule has 0 aliphatic heterocycles. The second-order valence-electron chi connectivity index (χ2n) is 6.78. The Balaban J connectivity index is 1.81. The van der Waals surface area contributed by atoms with Gasteiger partial charge in [0.25, 0.3) is 0 Å². The summed E-state index contributed by atoms with van der Waals surface area (Å²) < 4.78 is 35.5. The van der Waals surface area contributed by atoms with Gasteiger partial charge in [-0.1, -0.05) is 18.2 Å². The van der Waals surface area contributed by atoms with Gasteiger partial charge >= 0.3 is 0 Å². The van der Waals surface area contributed by atoms with Crippen LogP contribution in [0.5, 0.6) is 5.75 Å². The number of nitrogens with zero attached hydrogens (tertiary/aromatic N) is 2. The number of imidazole rings is 1. The van der Waals surface area contributed by atoms with Gasteiger partial charge in [-0.25, -0.2) is 18.1 Å². The van der Waals surface area contributed by atoms with Gasteiger partial charge in [0, 0.05) is 19.0 Å². The van der Waals surface area contributed by atoms with Crippen molar-refractivity contribution in [2.24, 2.45) is 0 Å². The molecule has 0 fully saturated rings. The summed E-state index contributed by atoms with van der Waals surface area (Å²) in [6.07, 6.45) is 0.500. The van der Waals surface area contributed by atoms with Crippen LogP contribution in [0, 0.1) is 6.92 Å². The monoisotopic (exact) mass is 387 g/mol. The van der Waals surface area contributed by atoms with Crippen molar-refractivity contribution in [1.82, 2.24) is 14.3 Å². The molecule has 6 nitrogen and oxygen atoms in total. The van der Waals surface area contributed by atoms with Gasteiger partial charge in [0.2, 0.25) is 10.0 Å². The molecule has 7 heteroatoms. The van der Waals surface area contributed by atoms with Gasteiger partial charge < -0.3 is 9.30 Å². The van der Waals surface area contributed by atoms with E-state index in [0.717, 1.165) is 22.4 Å². The Bertz CT molecular complexity index is 1060. The molecule has 0 unspecified atom stereocenters. The van der Waals surface area contributed by atoms with E-state index < -0.39 is 10.0 Å². The fourth-order valence-electron chi connectivity index (χ4n) is 3.22. The summed E-state index contributed by atoms with van der Waals surface area (Å²) in [7, 11) is -2.20. The van der Waals surface area contributed by atoms with Crippen molar-refractivity contribution >= 4 is 21.1 Å². The summed E-state index contributed by atoms with van der Waals surface area (Å²) in [5, 5.41) is 0. The lowest BCUT2D eigenvalue weighted by atomic mass is 10.2. The van der Waals surface area contributed by atoms with E-state index in [1.54, 1.807) is 12.1 Å². The van der Waals surface area contributed by atoms with Crippen molar-refractivity contribution in [3.63, 3.8) is 0 Å². The average molecular weight is 388 g/mol. The molecule has 0 aliphatic rings. The number of hydrogen-bond acceptors (Lipinski definition) is 4. The zero-order valence-electron chi connectivity index (χ0n) is 16.1. The molecule has 0 bridgehead atoms. The number of para-hydroxylation sites is 2. The van der Waals surface area contributed by atoms with Crippen LogP contribution in [-0.2, 0) is 16.4 Å². The third-order valence-corrected chi connectivity index (χ3v) is 5.92. The first-order valence-electron chi connectivity index (χ1n) is 8.93.